The lowest BCUT2D eigenvalue weighted by molar-refractivity contribution is 0.665. The van der Waals surface area contributed by atoms with Gasteiger partial charge in [0.25, 0.3) is 0 Å². The number of hydrazone groups is 1. The number of rotatable bonds is 8. The van der Waals surface area contributed by atoms with Crippen molar-refractivity contribution >= 4 is 29.7 Å². The minimum atomic E-state index is -0.134. The van der Waals surface area contributed by atoms with E-state index in [-0.39, 0.29) is 6.85 Å². The van der Waals surface area contributed by atoms with E-state index in [1.54, 1.807) is 18.5 Å². The molecule has 0 saturated heterocycles. The topological polar surface area (TPSA) is 28.5 Å². The molecule has 0 fully saturated rings. The van der Waals surface area contributed by atoms with Crippen LogP contribution in [0.15, 0.2) is 122 Å². The molecule has 4 heteroatoms. The van der Waals surface area contributed by atoms with E-state index in [1.807, 2.05) is 71.7 Å². The van der Waals surface area contributed by atoms with Crippen LogP contribution in [0.1, 0.15) is 5.69 Å². The molecule has 0 spiro atoms. The van der Waals surface area contributed by atoms with Crippen molar-refractivity contribution in [2.45, 2.75) is 0 Å². The van der Waals surface area contributed by atoms with Crippen molar-refractivity contribution in [2.75, 3.05) is 0 Å². The van der Waals surface area contributed by atoms with Crippen LogP contribution in [0.5, 0.6) is 0 Å². The van der Waals surface area contributed by atoms with E-state index in [2.05, 4.69) is 42.4 Å². The molecular formula is C24H22BN3. The molecule has 136 valence electrons. The van der Waals surface area contributed by atoms with E-state index < -0.39 is 0 Å². The summed E-state index contributed by atoms with van der Waals surface area (Å²) in [5.74, 6) is 0. The van der Waals surface area contributed by atoms with Crippen molar-refractivity contribution in [3.05, 3.63) is 122 Å². The lowest BCUT2D eigenvalue weighted by Crippen LogP contribution is -2.53. The summed E-state index contributed by atoms with van der Waals surface area (Å²) in [6.45, 7) is 7.87. The highest BCUT2D eigenvalue weighted by Crippen LogP contribution is 2.17. The van der Waals surface area contributed by atoms with Gasteiger partial charge in [0.15, 0.2) is 0 Å². The highest BCUT2D eigenvalue weighted by atomic mass is 15.4. The predicted octanol–water partition coefficient (Wildman–Crippen LogP) is 3.89. The largest absolute Gasteiger partial charge is 0.349 e. The second-order valence-electron chi connectivity index (χ2n) is 6.12. The summed E-state index contributed by atoms with van der Waals surface area (Å²) in [6, 6.07) is 26.4. The molecule has 1 heterocycles. The first-order chi connectivity index (χ1) is 13.8. The zero-order chi connectivity index (χ0) is 19.6. The number of allylic oxidation sites excluding steroid dienone is 3. The molecule has 0 amide bonds. The molecule has 3 rings (SSSR count). The average molecular weight is 363 g/mol. The van der Waals surface area contributed by atoms with Crippen LogP contribution in [-0.4, -0.2) is 23.0 Å². The summed E-state index contributed by atoms with van der Waals surface area (Å²) in [5, 5.41) is 4.72. The lowest BCUT2D eigenvalue weighted by Gasteiger charge is -2.28. The van der Waals surface area contributed by atoms with E-state index in [9.17, 15) is 0 Å². The first-order valence-electron chi connectivity index (χ1n) is 9.12. The van der Waals surface area contributed by atoms with Gasteiger partial charge in [-0.1, -0.05) is 92.0 Å². The number of nitrogens with zero attached hydrogens (tertiary/aromatic N) is 3. The Labute approximate surface area is 167 Å². The third kappa shape index (κ3) is 4.74. The summed E-state index contributed by atoms with van der Waals surface area (Å²) in [4.78, 5) is 6.38. The average Bonchev–Trinajstić information content (AvgIpc) is 2.77. The molecule has 2 aromatic carbocycles. The van der Waals surface area contributed by atoms with Gasteiger partial charge in [0.2, 0.25) is 0 Å². The van der Waals surface area contributed by atoms with Crippen LogP contribution in [0.2, 0.25) is 0 Å². The molecule has 0 atom stereocenters. The summed E-state index contributed by atoms with van der Waals surface area (Å²) in [6.07, 6.45) is 8.91. The van der Waals surface area contributed by atoms with Gasteiger partial charge in [0.1, 0.15) is 0 Å². The van der Waals surface area contributed by atoms with Crippen LogP contribution in [0.3, 0.4) is 0 Å². The molecule has 0 saturated carbocycles. The maximum absolute atomic E-state index is 4.72. The molecule has 0 aliphatic rings. The summed E-state index contributed by atoms with van der Waals surface area (Å²) in [7, 11) is 0. The molecule has 0 unspecified atom stereocenters. The van der Waals surface area contributed by atoms with E-state index in [4.69, 9.17) is 5.10 Å². The Balaban J connectivity index is 2.10. The Hall–Kier alpha value is -3.66. The zero-order valence-electron chi connectivity index (χ0n) is 15.7. The molecule has 0 aliphatic carbocycles. The minimum Gasteiger partial charge on any atom is -0.298 e. The van der Waals surface area contributed by atoms with Gasteiger partial charge in [-0.05, 0) is 29.1 Å². The quantitative estimate of drug-likeness (QED) is 0.263. The number of hydrogen-bond acceptors (Lipinski definition) is 3. The third-order valence-corrected chi connectivity index (χ3v) is 4.24. The lowest BCUT2D eigenvalue weighted by atomic mass is 9.50. The maximum atomic E-state index is 4.72. The first-order valence-corrected chi connectivity index (χ1v) is 9.12. The summed E-state index contributed by atoms with van der Waals surface area (Å²) in [5.41, 5.74) is 3.75. The fraction of sp³-hybridized carbons (Fsp3) is 0. The smallest absolute Gasteiger partial charge is 0.298 e. The van der Waals surface area contributed by atoms with Crippen LogP contribution in [0.4, 0.5) is 0 Å². The Morgan fingerprint density at radius 3 is 2.00 bits per heavy atom. The number of benzene rings is 2. The highest BCUT2D eigenvalue weighted by Gasteiger charge is 2.29. The molecule has 0 aliphatic heterocycles. The zero-order valence-corrected chi connectivity index (χ0v) is 15.7. The monoisotopic (exact) mass is 363 g/mol. The van der Waals surface area contributed by atoms with Gasteiger partial charge >= 0.3 is 6.85 Å². The fourth-order valence-corrected chi connectivity index (χ4v) is 2.93. The Morgan fingerprint density at radius 2 is 1.46 bits per heavy atom. The molecule has 3 aromatic rings. The van der Waals surface area contributed by atoms with Gasteiger partial charge in [-0.15, -0.1) is 0 Å². The Morgan fingerprint density at radius 1 is 0.857 bits per heavy atom. The van der Waals surface area contributed by atoms with Crippen LogP contribution in [-0.2, 0) is 0 Å². The molecule has 0 radical (unpaired) electrons. The van der Waals surface area contributed by atoms with Gasteiger partial charge in [-0.25, -0.2) is 0 Å². The second kappa shape index (κ2) is 9.88. The van der Waals surface area contributed by atoms with E-state index in [0.29, 0.717) is 0 Å². The fourth-order valence-electron chi connectivity index (χ4n) is 2.93. The van der Waals surface area contributed by atoms with E-state index in [0.717, 1.165) is 22.3 Å². The van der Waals surface area contributed by atoms with E-state index >= 15 is 0 Å². The first kappa shape index (κ1) is 19.1. The maximum Gasteiger partial charge on any atom is 0.349 e. The van der Waals surface area contributed by atoms with Gasteiger partial charge in [-0.2, -0.15) is 5.10 Å². The van der Waals surface area contributed by atoms with Crippen molar-refractivity contribution in [3.63, 3.8) is 0 Å². The third-order valence-electron chi connectivity index (χ3n) is 4.24. The van der Waals surface area contributed by atoms with Crippen molar-refractivity contribution in [1.82, 2.24) is 9.90 Å². The molecule has 0 bridgehead atoms. The standard InChI is InChI=1S/C24H22BN3/c1-3-4-12-20-27-28(21(2)24-18-11-13-19-26-24)25(22-14-7-5-8-15-22)23-16-9-6-10-17-23/h3-20H,1-2H2/b12-4+,27-20+. The SMILES string of the molecule is C=C/C=C/C=N/N(B(c1ccccc1)c1ccccc1)C(=C)c1ccccn1. The predicted molar refractivity (Wildman–Crippen MR) is 121 cm³/mol. The van der Waals surface area contributed by atoms with Crippen molar-refractivity contribution < 1.29 is 0 Å². The minimum absolute atomic E-state index is 0.134. The summed E-state index contributed by atoms with van der Waals surface area (Å²) < 4.78 is 0. The summed E-state index contributed by atoms with van der Waals surface area (Å²) >= 11 is 0. The normalized spacial score (nSPS) is 10.9. The molecule has 0 N–H and O–H groups in total. The number of pyridine rings is 1. The Kier molecular flexibility index (Phi) is 6.75. The number of hydrogen-bond donors (Lipinski definition) is 0. The van der Waals surface area contributed by atoms with Crippen LogP contribution in [0.25, 0.3) is 5.70 Å². The Bertz CT molecular complexity index is 911. The van der Waals surface area contributed by atoms with Crippen LogP contribution >= 0.6 is 0 Å². The van der Waals surface area contributed by atoms with Gasteiger partial charge in [-0.3, -0.25) is 9.90 Å². The van der Waals surface area contributed by atoms with Crippen LogP contribution < -0.4 is 10.9 Å². The van der Waals surface area contributed by atoms with E-state index in [1.165, 1.54) is 0 Å². The van der Waals surface area contributed by atoms with Crippen LogP contribution in [0, 0.1) is 0 Å². The number of aromatic nitrogens is 1. The second-order valence-corrected chi connectivity index (χ2v) is 6.12. The molecule has 1 aromatic heterocycles. The molecule has 3 nitrogen and oxygen atoms in total. The van der Waals surface area contributed by atoms with Crippen molar-refractivity contribution in [2.24, 2.45) is 5.10 Å². The van der Waals surface area contributed by atoms with Crippen molar-refractivity contribution in [3.8, 4) is 0 Å². The molecule has 28 heavy (non-hydrogen) atoms. The van der Waals surface area contributed by atoms with Gasteiger partial charge < -0.3 is 0 Å². The molecular weight excluding hydrogens is 341 g/mol. The van der Waals surface area contributed by atoms with Gasteiger partial charge in [0.05, 0.1) is 11.4 Å². The van der Waals surface area contributed by atoms with Crippen molar-refractivity contribution in [1.29, 1.82) is 0 Å². The van der Waals surface area contributed by atoms with Gasteiger partial charge in [0, 0.05) is 12.4 Å². The highest BCUT2D eigenvalue weighted by molar-refractivity contribution is 6.83.